The molecule has 0 radical (unpaired) electrons. The van der Waals surface area contributed by atoms with E-state index in [1.165, 1.54) is 18.2 Å². The van der Waals surface area contributed by atoms with E-state index in [2.05, 4.69) is 20.9 Å². The minimum atomic E-state index is -0.402. The van der Waals surface area contributed by atoms with Crippen molar-refractivity contribution in [1.82, 2.24) is 9.38 Å². The minimum absolute atomic E-state index is 0.300. The van der Waals surface area contributed by atoms with Gasteiger partial charge in [-0.2, -0.15) is 0 Å². The fraction of sp³-hybridized carbons (Fsp3) is 0.0714. The predicted molar refractivity (Wildman–Crippen MR) is 82.4 cm³/mol. The first-order valence-corrected chi connectivity index (χ1v) is 7.04. The van der Waals surface area contributed by atoms with Crippen LogP contribution < -0.4 is 5.73 Å². The average molecular weight is 355 g/mol. The van der Waals surface area contributed by atoms with Crippen LogP contribution in [-0.4, -0.2) is 9.38 Å². The van der Waals surface area contributed by atoms with Crippen LogP contribution in [0.2, 0.25) is 5.02 Å². The highest BCUT2D eigenvalue weighted by atomic mass is 79.9. The number of imidazole rings is 1. The quantitative estimate of drug-likeness (QED) is 0.702. The van der Waals surface area contributed by atoms with Crippen LogP contribution in [0.5, 0.6) is 0 Å². The van der Waals surface area contributed by atoms with E-state index in [0.717, 1.165) is 10.2 Å². The smallest absolute Gasteiger partial charge is 0.139 e. The lowest BCUT2D eigenvalue weighted by Crippen LogP contribution is -1.99. The summed E-state index contributed by atoms with van der Waals surface area (Å²) in [5.74, 6) is -0.0128. The molecule has 3 rings (SSSR count). The molecule has 3 aromatic rings. The molecule has 6 heteroatoms. The molecule has 0 saturated heterocycles. The van der Waals surface area contributed by atoms with Gasteiger partial charge in [0.25, 0.3) is 0 Å². The number of nitrogen functional groups attached to an aromatic ring is 1. The number of halogens is 3. The Hall–Kier alpha value is -1.59. The molecule has 102 valence electrons. The molecule has 0 unspecified atom stereocenters. The monoisotopic (exact) mass is 353 g/mol. The largest absolute Gasteiger partial charge is 0.383 e. The van der Waals surface area contributed by atoms with Crippen LogP contribution in [0.25, 0.3) is 16.9 Å². The predicted octanol–water partition coefficient (Wildman–Crippen LogP) is 4.45. The molecule has 0 spiro atoms. The minimum Gasteiger partial charge on any atom is -0.383 e. The van der Waals surface area contributed by atoms with Crippen LogP contribution in [0.1, 0.15) is 5.69 Å². The number of aryl methyl sites for hydroxylation is 1. The molecule has 2 aromatic heterocycles. The van der Waals surface area contributed by atoms with Crippen LogP contribution in [0, 0.1) is 12.7 Å². The maximum absolute atomic E-state index is 14.0. The first-order valence-electron chi connectivity index (χ1n) is 5.87. The number of aromatic nitrogens is 2. The second-order valence-electron chi connectivity index (χ2n) is 4.43. The molecule has 0 aliphatic heterocycles. The van der Waals surface area contributed by atoms with Crippen molar-refractivity contribution in [1.29, 1.82) is 0 Å². The molecule has 2 N–H and O–H groups in total. The first kappa shape index (κ1) is 13.4. The zero-order valence-electron chi connectivity index (χ0n) is 10.5. The number of anilines is 1. The number of pyridine rings is 1. The van der Waals surface area contributed by atoms with E-state index in [1.54, 1.807) is 4.40 Å². The molecule has 0 bridgehead atoms. The highest BCUT2D eigenvalue weighted by Gasteiger charge is 2.17. The van der Waals surface area contributed by atoms with E-state index in [0.29, 0.717) is 27.7 Å². The number of benzene rings is 1. The second-order valence-corrected chi connectivity index (χ2v) is 5.72. The van der Waals surface area contributed by atoms with Gasteiger partial charge in [-0.3, -0.25) is 4.40 Å². The van der Waals surface area contributed by atoms with Crippen molar-refractivity contribution in [3.63, 3.8) is 0 Å². The summed E-state index contributed by atoms with van der Waals surface area (Å²) < 4.78 is 16.7. The van der Waals surface area contributed by atoms with Crippen molar-refractivity contribution < 1.29 is 4.39 Å². The van der Waals surface area contributed by atoms with Gasteiger partial charge in [0.2, 0.25) is 0 Å². The molecule has 2 heterocycles. The molecule has 0 aliphatic carbocycles. The Bertz CT molecular complexity index is 829. The van der Waals surface area contributed by atoms with Gasteiger partial charge >= 0.3 is 0 Å². The van der Waals surface area contributed by atoms with Crippen molar-refractivity contribution in [3.05, 3.63) is 51.3 Å². The Labute approximate surface area is 128 Å². The highest BCUT2D eigenvalue weighted by molar-refractivity contribution is 9.10. The van der Waals surface area contributed by atoms with Gasteiger partial charge in [0.15, 0.2) is 0 Å². The third kappa shape index (κ3) is 1.98. The summed E-state index contributed by atoms with van der Waals surface area (Å²) in [4.78, 5) is 4.40. The van der Waals surface area contributed by atoms with Crippen LogP contribution in [0.15, 0.2) is 34.8 Å². The zero-order valence-corrected chi connectivity index (χ0v) is 12.8. The van der Waals surface area contributed by atoms with Gasteiger partial charge < -0.3 is 5.73 Å². The SMILES string of the molecule is Cc1c(Br)ccc2nc(-c3cc(Cl)ccc3F)c(N)n12. The number of nitrogens with two attached hydrogens (primary N) is 1. The average Bonchev–Trinajstić information content (AvgIpc) is 2.75. The maximum Gasteiger partial charge on any atom is 0.139 e. The molecule has 0 saturated carbocycles. The van der Waals surface area contributed by atoms with E-state index in [9.17, 15) is 4.39 Å². The van der Waals surface area contributed by atoms with Gasteiger partial charge in [0.05, 0.1) is 0 Å². The fourth-order valence-electron chi connectivity index (χ4n) is 2.17. The lowest BCUT2D eigenvalue weighted by Gasteiger charge is -2.05. The van der Waals surface area contributed by atoms with Crippen LogP contribution in [0.3, 0.4) is 0 Å². The zero-order chi connectivity index (χ0) is 14.4. The number of nitrogens with zero attached hydrogens (tertiary/aromatic N) is 2. The summed E-state index contributed by atoms with van der Waals surface area (Å²) in [6, 6.07) is 8.03. The lowest BCUT2D eigenvalue weighted by atomic mass is 10.1. The van der Waals surface area contributed by atoms with E-state index >= 15 is 0 Å². The summed E-state index contributed by atoms with van der Waals surface area (Å²) in [6.45, 7) is 1.91. The Morgan fingerprint density at radius 1 is 1.30 bits per heavy atom. The number of hydrogen-bond donors (Lipinski definition) is 1. The number of rotatable bonds is 1. The molecular weight excluding hydrogens is 345 g/mol. The van der Waals surface area contributed by atoms with Crippen molar-refractivity contribution >= 4 is 39.0 Å². The third-order valence-corrected chi connectivity index (χ3v) is 4.26. The summed E-state index contributed by atoms with van der Waals surface area (Å²) in [5, 5.41) is 0.441. The molecule has 20 heavy (non-hydrogen) atoms. The molecule has 3 nitrogen and oxygen atoms in total. The standard InChI is InChI=1S/C14H10BrClFN3/c1-7-10(15)3-5-12-19-13(14(18)20(7)12)9-6-8(16)2-4-11(9)17/h2-6H,18H2,1H3. The van der Waals surface area contributed by atoms with E-state index in [-0.39, 0.29) is 0 Å². The van der Waals surface area contributed by atoms with Gasteiger partial charge in [-0.1, -0.05) is 11.6 Å². The van der Waals surface area contributed by atoms with Crippen molar-refractivity contribution in [2.24, 2.45) is 0 Å². The molecule has 0 atom stereocenters. The number of fused-ring (bicyclic) bond motifs is 1. The van der Waals surface area contributed by atoms with E-state index < -0.39 is 5.82 Å². The molecule has 0 fully saturated rings. The van der Waals surface area contributed by atoms with E-state index in [4.69, 9.17) is 17.3 Å². The topological polar surface area (TPSA) is 43.3 Å². The van der Waals surface area contributed by atoms with Crippen LogP contribution in [-0.2, 0) is 0 Å². The second kappa shape index (κ2) is 4.75. The normalized spacial score (nSPS) is 11.2. The van der Waals surface area contributed by atoms with Crippen molar-refractivity contribution in [2.45, 2.75) is 6.92 Å². The van der Waals surface area contributed by atoms with Crippen molar-refractivity contribution in [2.75, 3.05) is 5.73 Å². The summed E-state index contributed by atoms with van der Waals surface area (Å²) in [6.07, 6.45) is 0. The van der Waals surface area contributed by atoms with E-state index in [1.807, 2.05) is 19.1 Å². The van der Waals surface area contributed by atoms with Crippen molar-refractivity contribution in [3.8, 4) is 11.3 Å². The maximum atomic E-state index is 14.0. The van der Waals surface area contributed by atoms with Gasteiger partial charge in [0, 0.05) is 20.8 Å². The number of hydrogen-bond acceptors (Lipinski definition) is 2. The van der Waals surface area contributed by atoms with Gasteiger partial charge in [-0.25, -0.2) is 9.37 Å². The Morgan fingerprint density at radius 2 is 2.05 bits per heavy atom. The Balaban J connectivity index is 2.35. The van der Waals surface area contributed by atoms with Gasteiger partial charge in [-0.15, -0.1) is 0 Å². The Kier molecular flexibility index (Phi) is 3.18. The van der Waals surface area contributed by atoms with Crippen LogP contribution >= 0.6 is 27.5 Å². The first-order chi connectivity index (χ1) is 9.49. The lowest BCUT2D eigenvalue weighted by molar-refractivity contribution is 0.631. The van der Waals surface area contributed by atoms with Gasteiger partial charge in [-0.05, 0) is 53.2 Å². The summed E-state index contributed by atoms with van der Waals surface area (Å²) in [5.41, 5.74) is 8.39. The van der Waals surface area contributed by atoms with Gasteiger partial charge in [0.1, 0.15) is 23.0 Å². The van der Waals surface area contributed by atoms with Crippen LogP contribution in [0.4, 0.5) is 10.2 Å². The Morgan fingerprint density at radius 3 is 2.80 bits per heavy atom. The highest BCUT2D eigenvalue weighted by Crippen LogP contribution is 2.32. The molecular formula is C14H10BrClFN3. The fourth-order valence-corrected chi connectivity index (χ4v) is 2.65. The summed E-state index contributed by atoms with van der Waals surface area (Å²) in [7, 11) is 0. The summed E-state index contributed by atoms with van der Waals surface area (Å²) >= 11 is 9.37. The third-order valence-electron chi connectivity index (χ3n) is 3.18. The molecule has 0 aliphatic rings. The molecule has 1 aromatic carbocycles. The molecule has 0 amide bonds.